The molecule has 8 heteroatoms. The summed E-state index contributed by atoms with van der Waals surface area (Å²) in [6.07, 6.45) is -0.600. The van der Waals surface area contributed by atoms with E-state index in [4.69, 9.17) is 18.9 Å². The summed E-state index contributed by atoms with van der Waals surface area (Å²) in [6.45, 7) is 1.03. The number of amides is 2. The number of nitrogens with one attached hydrogen (secondary N) is 2. The van der Waals surface area contributed by atoms with Crippen molar-refractivity contribution in [3.05, 3.63) is 209 Å². The number of anilines is 2. The third-order valence-corrected chi connectivity index (χ3v) is 9.74. The maximum atomic E-state index is 14.0. The molecule has 0 heterocycles. The minimum atomic E-state index is -0.600. The summed E-state index contributed by atoms with van der Waals surface area (Å²) in [5, 5.41) is 5.86. The largest absolute Gasteiger partial charge is 0.489 e. The third kappa shape index (κ3) is 8.98. The second-order valence-electron chi connectivity index (χ2n) is 13.6. The number of ether oxygens (including phenoxy) is 4. The Morgan fingerprint density at radius 2 is 1.02 bits per heavy atom. The van der Waals surface area contributed by atoms with E-state index in [1.807, 2.05) is 115 Å². The summed E-state index contributed by atoms with van der Waals surface area (Å²) in [4.78, 5) is 27.3. The van der Waals surface area contributed by atoms with Crippen LogP contribution in [-0.2, 0) is 24.6 Å². The number of fused-ring (bicyclic) bond motifs is 3. The van der Waals surface area contributed by atoms with E-state index in [1.165, 1.54) is 0 Å². The van der Waals surface area contributed by atoms with Crippen LogP contribution in [0.2, 0.25) is 0 Å². The van der Waals surface area contributed by atoms with Crippen LogP contribution in [0.3, 0.4) is 0 Å². The van der Waals surface area contributed by atoms with Crippen molar-refractivity contribution >= 4 is 23.4 Å². The van der Waals surface area contributed by atoms with Gasteiger partial charge in [-0.25, -0.2) is 4.79 Å². The minimum absolute atomic E-state index is 0.0726. The van der Waals surface area contributed by atoms with E-state index in [9.17, 15) is 9.59 Å². The highest BCUT2D eigenvalue weighted by molar-refractivity contribution is 6.07. The third-order valence-electron chi connectivity index (χ3n) is 9.74. The first-order chi connectivity index (χ1) is 28.1. The smallest absolute Gasteiger partial charge is 0.411 e. The van der Waals surface area contributed by atoms with Crippen LogP contribution in [0.5, 0.6) is 17.2 Å². The van der Waals surface area contributed by atoms with E-state index >= 15 is 0 Å². The maximum Gasteiger partial charge on any atom is 0.411 e. The van der Waals surface area contributed by atoms with Gasteiger partial charge in [0.25, 0.3) is 5.91 Å². The lowest BCUT2D eigenvalue weighted by Crippen LogP contribution is -2.18. The van der Waals surface area contributed by atoms with Gasteiger partial charge in [0, 0.05) is 23.7 Å². The van der Waals surface area contributed by atoms with Crippen LogP contribution in [0.15, 0.2) is 176 Å². The van der Waals surface area contributed by atoms with Crippen LogP contribution in [-0.4, -0.2) is 18.6 Å². The van der Waals surface area contributed by atoms with Gasteiger partial charge in [0.2, 0.25) is 0 Å². The van der Waals surface area contributed by atoms with Crippen LogP contribution in [0.1, 0.15) is 44.1 Å². The minimum Gasteiger partial charge on any atom is -0.489 e. The monoisotopic (exact) mass is 752 g/mol. The van der Waals surface area contributed by atoms with Gasteiger partial charge in [-0.2, -0.15) is 0 Å². The Morgan fingerprint density at radius 1 is 0.491 bits per heavy atom. The lowest BCUT2D eigenvalue weighted by Gasteiger charge is -2.17. The fraction of sp³-hybridized carbons (Fsp3) is 0.102. The molecular weight excluding hydrogens is 713 g/mol. The molecule has 8 nitrogen and oxygen atoms in total. The van der Waals surface area contributed by atoms with Crippen molar-refractivity contribution in [2.75, 3.05) is 17.2 Å². The molecule has 0 spiro atoms. The highest BCUT2D eigenvalue weighted by Gasteiger charge is 2.29. The zero-order valence-electron chi connectivity index (χ0n) is 31.1. The van der Waals surface area contributed by atoms with Crippen LogP contribution in [0.4, 0.5) is 16.2 Å². The van der Waals surface area contributed by atoms with Crippen molar-refractivity contribution < 1.29 is 28.5 Å². The molecule has 0 aliphatic heterocycles. The van der Waals surface area contributed by atoms with Crippen LogP contribution in [0.25, 0.3) is 11.1 Å². The lowest BCUT2D eigenvalue weighted by atomic mass is 9.98. The summed E-state index contributed by atoms with van der Waals surface area (Å²) < 4.78 is 24.4. The molecule has 7 aromatic carbocycles. The van der Waals surface area contributed by atoms with Crippen LogP contribution in [0, 0.1) is 0 Å². The summed E-state index contributed by atoms with van der Waals surface area (Å²) >= 11 is 0. The van der Waals surface area contributed by atoms with Gasteiger partial charge in [0.15, 0.2) is 0 Å². The molecular formula is C49H40N2O6. The van der Waals surface area contributed by atoms with E-state index in [1.54, 1.807) is 36.4 Å². The highest BCUT2D eigenvalue weighted by Crippen LogP contribution is 2.44. The number of carbonyl (C=O) groups excluding carboxylic acids is 2. The van der Waals surface area contributed by atoms with Crippen molar-refractivity contribution in [1.82, 2.24) is 0 Å². The van der Waals surface area contributed by atoms with Crippen LogP contribution < -0.4 is 24.8 Å². The molecule has 0 atom stereocenters. The van der Waals surface area contributed by atoms with Gasteiger partial charge in [-0.1, -0.05) is 140 Å². The first-order valence-corrected chi connectivity index (χ1v) is 18.8. The average Bonchev–Trinajstić information content (AvgIpc) is 3.58. The molecule has 1 aliphatic carbocycles. The van der Waals surface area contributed by atoms with Crippen molar-refractivity contribution in [3.8, 4) is 28.4 Å². The van der Waals surface area contributed by atoms with E-state index < -0.39 is 12.0 Å². The molecule has 0 saturated heterocycles. The molecule has 2 amide bonds. The molecule has 0 unspecified atom stereocenters. The zero-order valence-corrected chi connectivity index (χ0v) is 31.1. The van der Waals surface area contributed by atoms with E-state index in [0.29, 0.717) is 40.8 Å². The van der Waals surface area contributed by atoms with Crippen molar-refractivity contribution in [2.45, 2.75) is 25.7 Å². The molecule has 0 fully saturated rings. The Kier molecular flexibility index (Phi) is 11.2. The van der Waals surface area contributed by atoms with Gasteiger partial charge in [-0.15, -0.1) is 0 Å². The number of hydrogen-bond acceptors (Lipinski definition) is 6. The molecule has 1 aliphatic rings. The van der Waals surface area contributed by atoms with E-state index in [0.717, 1.165) is 38.9 Å². The topological polar surface area (TPSA) is 95.1 Å². The Labute approximate surface area is 331 Å². The van der Waals surface area contributed by atoms with Gasteiger partial charge >= 0.3 is 6.09 Å². The molecule has 57 heavy (non-hydrogen) atoms. The summed E-state index contributed by atoms with van der Waals surface area (Å²) in [5.74, 6) is 0.806. The first-order valence-electron chi connectivity index (χ1n) is 18.8. The zero-order chi connectivity index (χ0) is 38.8. The summed E-state index contributed by atoms with van der Waals surface area (Å²) in [6, 6.07) is 55.9. The Bertz CT molecular complexity index is 2430. The Balaban J connectivity index is 0.999. The van der Waals surface area contributed by atoms with E-state index in [-0.39, 0.29) is 25.7 Å². The maximum absolute atomic E-state index is 14.0. The Hall–Kier alpha value is -7.32. The van der Waals surface area contributed by atoms with Gasteiger partial charge in [0.1, 0.15) is 43.7 Å². The molecule has 7 aromatic rings. The lowest BCUT2D eigenvalue weighted by molar-refractivity contribution is 0.102. The average molecular weight is 753 g/mol. The molecule has 0 bridgehead atoms. The van der Waals surface area contributed by atoms with Crippen molar-refractivity contribution in [3.63, 3.8) is 0 Å². The summed E-state index contributed by atoms with van der Waals surface area (Å²) in [5.41, 5.74) is 8.65. The second kappa shape index (κ2) is 17.4. The molecule has 282 valence electrons. The van der Waals surface area contributed by atoms with Gasteiger partial charge in [-0.3, -0.25) is 10.1 Å². The Morgan fingerprint density at radius 3 is 1.61 bits per heavy atom. The quantitative estimate of drug-likeness (QED) is 0.115. The molecule has 0 aromatic heterocycles. The number of hydrogen-bond donors (Lipinski definition) is 2. The highest BCUT2D eigenvalue weighted by atomic mass is 16.5. The van der Waals surface area contributed by atoms with Crippen molar-refractivity contribution in [1.29, 1.82) is 0 Å². The number of benzene rings is 7. The first kappa shape index (κ1) is 36.6. The number of rotatable bonds is 14. The van der Waals surface area contributed by atoms with E-state index in [2.05, 4.69) is 34.9 Å². The molecule has 8 rings (SSSR count). The van der Waals surface area contributed by atoms with Gasteiger partial charge in [-0.05, 0) is 63.2 Å². The SMILES string of the molecule is O=C(Nc1ccc(NC(=O)c2ccc(OCc3ccccc3)cc2OCc2ccccc2)c(OCc2ccccc2)c1)OCC1c2ccccc2-c2ccccc21. The predicted octanol–water partition coefficient (Wildman–Crippen LogP) is 11.0. The van der Waals surface area contributed by atoms with Crippen molar-refractivity contribution in [2.24, 2.45) is 0 Å². The predicted molar refractivity (Wildman–Crippen MR) is 222 cm³/mol. The molecule has 2 N–H and O–H groups in total. The molecule has 0 saturated carbocycles. The van der Waals surface area contributed by atoms with Gasteiger partial charge in [0.05, 0.1) is 11.3 Å². The van der Waals surface area contributed by atoms with Crippen LogP contribution >= 0.6 is 0 Å². The summed E-state index contributed by atoms with van der Waals surface area (Å²) in [7, 11) is 0. The normalized spacial score (nSPS) is 11.5. The number of carbonyl (C=O) groups is 2. The fourth-order valence-corrected chi connectivity index (χ4v) is 6.88. The second-order valence-corrected chi connectivity index (χ2v) is 13.6. The van der Waals surface area contributed by atoms with Gasteiger partial charge < -0.3 is 24.3 Å². The molecule has 0 radical (unpaired) electrons. The fourth-order valence-electron chi connectivity index (χ4n) is 6.88. The standard InChI is InChI=1S/C49H40N2O6/c52-48(43-26-25-38(54-30-34-14-4-1-5-15-34)29-46(43)55-31-35-16-6-2-7-17-35)51-45-27-24-37(28-47(45)56-32-36-18-8-3-9-19-36)50-49(53)57-33-44-41-22-12-10-20-39(41)40-21-11-13-23-42(40)44/h1-29,44H,30-33H2,(H,50,53)(H,51,52).